The lowest BCUT2D eigenvalue weighted by atomic mass is 10.0. The Kier molecular flexibility index (Phi) is 7.75. The fourth-order valence-electron chi connectivity index (χ4n) is 5.14. The molecule has 0 aliphatic heterocycles. The first-order chi connectivity index (χ1) is 18.5. The number of hydrogen-bond acceptors (Lipinski definition) is 5. The third-order valence-corrected chi connectivity index (χ3v) is 7.28. The minimum Gasteiger partial charge on any atom is -0.321 e. The van der Waals surface area contributed by atoms with Gasteiger partial charge in [-0.05, 0) is 65.4 Å². The summed E-state index contributed by atoms with van der Waals surface area (Å²) >= 11 is 0. The van der Waals surface area contributed by atoms with Gasteiger partial charge in [-0.3, -0.25) is 9.69 Å². The first kappa shape index (κ1) is 25.5. The van der Waals surface area contributed by atoms with Gasteiger partial charge in [0.1, 0.15) is 0 Å². The molecular formula is C31H34N6O. The van der Waals surface area contributed by atoms with Gasteiger partial charge >= 0.3 is 0 Å². The van der Waals surface area contributed by atoms with Crippen molar-refractivity contribution in [3.05, 3.63) is 123 Å². The smallest absolute Gasteiger partial charge is 0.252 e. The highest BCUT2D eigenvalue weighted by molar-refractivity contribution is 5.85. The summed E-state index contributed by atoms with van der Waals surface area (Å²) in [4.78, 5) is 18.8. The van der Waals surface area contributed by atoms with E-state index in [-0.39, 0.29) is 11.6 Å². The minimum atomic E-state index is -0.0499. The van der Waals surface area contributed by atoms with Crippen LogP contribution in [0, 0.1) is 13.8 Å². The second kappa shape index (κ2) is 11.5. The molecule has 0 radical (unpaired) electrons. The summed E-state index contributed by atoms with van der Waals surface area (Å²) in [6, 6.07) is 26.9. The number of fused-ring (bicyclic) bond motifs is 1. The van der Waals surface area contributed by atoms with Crippen LogP contribution < -0.4 is 5.56 Å². The van der Waals surface area contributed by atoms with Gasteiger partial charge < -0.3 is 4.98 Å². The summed E-state index contributed by atoms with van der Waals surface area (Å²) in [7, 11) is 0. The maximum absolute atomic E-state index is 13.3. The lowest BCUT2D eigenvalue weighted by Crippen LogP contribution is -2.34. The molecule has 3 aromatic carbocycles. The number of aryl methyl sites for hydroxylation is 2. The molecule has 7 nitrogen and oxygen atoms in total. The highest BCUT2D eigenvalue weighted by Crippen LogP contribution is 2.26. The molecule has 0 spiro atoms. The van der Waals surface area contributed by atoms with Gasteiger partial charge in [0.15, 0.2) is 5.82 Å². The summed E-state index contributed by atoms with van der Waals surface area (Å²) in [6.07, 6.45) is 1.68. The summed E-state index contributed by atoms with van der Waals surface area (Å²) in [5.41, 5.74) is 6.24. The zero-order valence-electron chi connectivity index (χ0n) is 22.3. The number of benzene rings is 3. The topological polar surface area (TPSA) is 79.7 Å². The fourth-order valence-corrected chi connectivity index (χ4v) is 5.14. The number of rotatable bonds is 10. The third kappa shape index (κ3) is 5.58. The fraction of sp³-hybridized carbons (Fsp3) is 0.290. The summed E-state index contributed by atoms with van der Waals surface area (Å²) in [5.74, 6) is 0.814. The molecule has 2 heterocycles. The number of pyridine rings is 1. The molecule has 2 aromatic heterocycles. The summed E-state index contributed by atoms with van der Waals surface area (Å²) in [5, 5.41) is 13.9. The van der Waals surface area contributed by atoms with E-state index in [0.717, 1.165) is 58.4 Å². The quantitative estimate of drug-likeness (QED) is 0.275. The monoisotopic (exact) mass is 506 g/mol. The first-order valence-electron chi connectivity index (χ1n) is 13.2. The Bertz CT molecular complexity index is 1560. The van der Waals surface area contributed by atoms with Crippen LogP contribution in [0.15, 0.2) is 83.7 Å². The first-order valence-corrected chi connectivity index (χ1v) is 13.2. The number of tetrazole rings is 1. The maximum atomic E-state index is 13.3. The normalized spacial score (nSPS) is 12.3. The highest BCUT2D eigenvalue weighted by atomic mass is 16.1. The Labute approximate surface area is 223 Å². The Morgan fingerprint density at radius 3 is 2.32 bits per heavy atom. The number of aromatic amines is 1. The largest absolute Gasteiger partial charge is 0.321 e. The van der Waals surface area contributed by atoms with Gasteiger partial charge in [-0.15, -0.1) is 5.10 Å². The average Bonchev–Trinajstić information content (AvgIpc) is 3.39. The van der Waals surface area contributed by atoms with Crippen LogP contribution in [0.25, 0.3) is 10.9 Å². The van der Waals surface area contributed by atoms with Gasteiger partial charge in [0, 0.05) is 24.0 Å². The molecule has 0 unspecified atom stereocenters. The second-order valence-corrected chi connectivity index (χ2v) is 9.92. The van der Waals surface area contributed by atoms with Crippen molar-refractivity contribution in [2.75, 3.05) is 6.54 Å². The maximum Gasteiger partial charge on any atom is 0.252 e. The Balaban J connectivity index is 1.50. The van der Waals surface area contributed by atoms with E-state index in [0.29, 0.717) is 13.1 Å². The van der Waals surface area contributed by atoms with Crippen LogP contribution in [0.2, 0.25) is 0 Å². The average molecular weight is 507 g/mol. The molecule has 0 fully saturated rings. The minimum absolute atomic E-state index is 0.0466. The molecular weight excluding hydrogens is 472 g/mol. The van der Waals surface area contributed by atoms with Crippen LogP contribution in [0.4, 0.5) is 0 Å². The van der Waals surface area contributed by atoms with Crippen molar-refractivity contribution in [3.63, 3.8) is 0 Å². The van der Waals surface area contributed by atoms with E-state index in [9.17, 15) is 4.79 Å². The molecule has 0 aliphatic carbocycles. The van der Waals surface area contributed by atoms with E-state index in [1.807, 2.05) is 35.9 Å². The van der Waals surface area contributed by atoms with Crippen LogP contribution in [-0.2, 0) is 19.5 Å². The van der Waals surface area contributed by atoms with E-state index in [1.54, 1.807) is 0 Å². The second-order valence-electron chi connectivity index (χ2n) is 9.92. The Morgan fingerprint density at radius 1 is 0.921 bits per heavy atom. The Hall–Kier alpha value is -4.10. The van der Waals surface area contributed by atoms with Crippen LogP contribution in [-0.4, -0.2) is 36.6 Å². The van der Waals surface area contributed by atoms with Gasteiger partial charge in [0.25, 0.3) is 5.56 Å². The molecule has 38 heavy (non-hydrogen) atoms. The highest BCUT2D eigenvalue weighted by Gasteiger charge is 2.26. The summed E-state index contributed by atoms with van der Waals surface area (Å²) < 4.78 is 1.89. The number of nitrogens with one attached hydrogen (secondary N) is 1. The van der Waals surface area contributed by atoms with E-state index in [2.05, 4.69) is 93.9 Å². The van der Waals surface area contributed by atoms with Gasteiger partial charge in [-0.2, -0.15) is 0 Å². The summed E-state index contributed by atoms with van der Waals surface area (Å²) in [6.45, 7) is 8.14. The number of hydrogen-bond donors (Lipinski definition) is 1. The SMILES string of the molecule is CC[C@@H](c1nnnn1Cc1ccccc1)N(CCc1ccccc1)Cc1cc2c(C)ccc(C)c2[nH]c1=O. The number of H-pyrrole nitrogens is 1. The molecule has 1 atom stereocenters. The van der Waals surface area contributed by atoms with Gasteiger partial charge in [0.2, 0.25) is 0 Å². The van der Waals surface area contributed by atoms with E-state index in [1.165, 1.54) is 5.56 Å². The zero-order chi connectivity index (χ0) is 26.5. The molecule has 1 N–H and O–H groups in total. The molecule has 5 rings (SSSR count). The molecule has 0 saturated heterocycles. The van der Waals surface area contributed by atoms with Crippen molar-refractivity contribution >= 4 is 10.9 Å². The lowest BCUT2D eigenvalue weighted by Gasteiger charge is -2.30. The van der Waals surface area contributed by atoms with Crippen LogP contribution in [0.3, 0.4) is 0 Å². The van der Waals surface area contributed by atoms with Gasteiger partial charge in [0.05, 0.1) is 18.1 Å². The van der Waals surface area contributed by atoms with Crippen molar-refractivity contribution in [1.82, 2.24) is 30.1 Å². The lowest BCUT2D eigenvalue weighted by molar-refractivity contribution is 0.172. The number of nitrogens with zero attached hydrogens (tertiary/aromatic N) is 5. The van der Waals surface area contributed by atoms with Crippen molar-refractivity contribution in [3.8, 4) is 0 Å². The predicted octanol–water partition coefficient (Wildman–Crippen LogP) is 5.38. The van der Waals surface area contributed by atoms with Crippen LogP contribution in [0.1, 0.15) is 53.0 Å². The third-order valence-electron chi connectivity index (χ3n) is 7.28. The van der Waals surface area contributed by atoms with E-state index >= 15 is 0 Å². The van der Waals surface area contributed by atoms with Crippen LogP contribution >= 0.6 is 0 Å². The molecule has 5 aromatic rings. The van der Waals surface area contributed by atoms with E-state index in [4.69, 9.17) is 0 Å². The molecule has 0 aliphatic rings. The molecule has 0 saturated carbocycles. The molecule has 0 bridgehead atoms. The van der Waals surface area contributed by atoms with Gasteiger partial charge in [-0.1, -0.05) is 79.7 Å². The molecule has 0 amide bonds. The van der Waals surface area contributed by atoms with Crippen molar-refractivity contribution in [2.45, 2.75) is 52.7 Å². The molecule has 194 valence electrons. The standard InChI is InChI=1S/C31H34N6O/c1-4-28(30-33-34-35-37(30)20-25-13-9-6-10-14-25)36(18-17-24-11-7-5-8-12-24)21-26-19-27-22(2)15-16-23(3)29(27)32-31(26)38/h5-16,19,28H,4,17-18,20-21H2,1-3H3,(H,32,38)/t28-/m0/s1. The molecule has 7 heteroatoms. The Morgan fingerprint density at radius 2 is 1.61 bits per heavy atom. The van der Waals surface area contributed by atoms with Gasteiger partial charge in [-0.25, -0.2) is 4.68 Å². The van der Waals surface area contributed by atoms with Crippen LogP contribution in [0.5, 0.6) is 0 Å². The number of aromatic nitrogens is 5. The predicted molar refractivity (Wildman–Crippen MR) is 151 cm³/mol. The van der Waals surface area contributed by atoms with Crippen molar-refractivity contribution in [1.29, 1.82) is 0 Å². The van der Waals surface area contributed by atoms with Crippen molar-refractivity contribution < 1.29 is 0 Å². The van der Waals surface area contributed by atoms with E-state index < -0.39 is 0 Å². The zero-order valence-corrected chi connectivity index (χ0v) is 22.3. The van der Waals surface area contributed by atoms with Crippen molar-refractivity contribution in [2.24, 2.45) is 0 Å².